The number of hydrogen-bond acceptors (Lipinski definition) is 5. The Kier molecular flexibility index (Phi) is 11.8. The molecule has 0 aliphatic heterocycles. The van der Waals surface area contributed by atoms with Crippen LogP contribution in [0.2, 0.25) is 0 Å². The van der Waals surface area contributed by atoms with Crippen LogP contribution in [0, 0.1) is 29.1 Å². The Balaban J connectivity index is 1.27. The van der Waals surface area contributed by atoms with Gasteiger partial charge in [0.1, 0.15) is 12.6 Å². The zero-order valence-corrected chi connectivity index (χ0v) is 24.8. The van der Waals surface area contributed by atoms with E-state index in [0.717, 1.165) is 88.0 Å². The van der Waals surface area contributed by atoms with Crippen LogP contribution in [0.4, 0.5) is 0 Å². The molecule has 4 aliphatic carbocycles. The van der Waals surface area contributed by atoms with Gasteiger partial charge in [0.05, 0.1) is 0 Å². The lowest BCUT2D eigenvalue weighted by atomic mass is 9.50. The molecule has 4 rings (SSSR count). The lowest BCUT2D eigenvalue weighted by molar-refractivity contribution is -0.155. The molecule has 0 bridgehead atoms. The summed E-state index contributed by atoms with van der Waals surface area (Å²) in [7, 11) is 0. The van der Waals surface area contributed by atoms with Gasteiger partial charge in [-0.25, -0.2) is 0 Å². The Morgan fingerprint density at radius 3 is 2.46 bits per heavy atom. The van der Waals surface area contributed by atoms with Gasteiger partial charge in [-0.1, -0.05) is 57.1 Å². The van der Waals surface area contributed by atoms with Crippen LogP contribution in [0.1, 0.15) is 122 Å². The fourth-order valence-corrected chi connectivity index (χ4v) is 8.75. The summed E-state index contributed by atoms with van der Waals surface area (Å²) in [6, 6.07) is 0. The lowest BCUT2D eigenvalue weighted by Gasteiger charge is -2.55. The van der Waals surface area contributed by atoms with E-state index in [1.165, 1.54) is 51.4 Å². The fraction of sp³-hybridized carbons (Fsp3) is 0.879. The number of allylic oxidation sites excluding steroid dienone is 1. The average molecular weight is 544 g/mol. The van der Waals surface area contributed by atoms with E-state index in [9.17, 15) is 9.59 Å². The van der Waals surface area contributed by atoms with E-state index in [1.54, 1.807) is 10.5 Å². The quantitative estimate of drug-likeness (QED) is 0.147. The largest absolute Gasteiger partial charge is 0.461 e. The molecule has 6 atom stereocenters. The molecule has 0 radical (unpaired) electrons. The molecule has 0 aromatic rings. The van der Waals surface area contributed by atoms with E-state index in [-0.39, 0.29) is 29.9 Å². The van der Waals surface area contributed by atoms with Crippen molar-refractivity contribution >= 4 is 11.9 Å². The number of unbranched alkanes of at least 4 members (excludes halogenated alkanes) is 6. The van der Waals surface area contributed by atoms with Crippen LogP contribution in [0.15, 0.2) is 11.6 Å². The number of nitrogens with zero attached hydrogens (tertiary/aromatic N) is 1. The number of amides is 1. The Morgan fingerprint density at radius 2 is 1.67 bits per heavy atom. The summed E-state index contributed by atoms with van der Waals surface area (Å²) in [5, 5.41) is 0. The number of nitrogens with two attached hydrogens (primary N) is 2. The third-order valence-corrected chi connectivity index (χ3v) is 11.0. The lowest BCUT2D eigenvalue weighted by Crippen LogP contribution is -2.47. The highest BCUT2D eigenvalue weighted by Gasteiger charge is 2.52. The van der Waals surface area contributed by atoms with Gasteiger partial charge in [0, 0.05) is 19.4 Å². The molecule has 0 spiro atoms. The fourth-order valence-electron chi connectivity index (χ4n) is 8.75. The van der Waals surface area contributed by atoms with Gasteiger partial charge in [-0.2, -0.15) is 0 Å². The van der Waals surface area contributed by atoms with E-state index in [2.05, 4.69) is 13.0 Å². The van der Waals surface area contributed by atoms with Crippen LogP contribution in [0.5, 0.6) is 0 Å². The molecule has 0 aromatic heterocycles. The molecule has 0 heterocycles. The topological polar surface area (TPSA) is 98.6 Å². The molecule has 1 amide bonds. The molecule has 222 valence electrons. The normalized spacial score (nSPS) is 31.6. The van der Waals surface area contributed by atoms with Gasteiger partial charge >= 0.3 is 5.97 Å². The van der Waals surface area contributed by atoms with Crippen molar-refractivity contribution in [3.05, 3.63) is 11.6 Å². The maximum atomic E-state index is 13.1. The smallest absolute Gasteiger partial charge is 0.325 e. The number of esters is 1. The Labute approximate surface area is 238 Å². The second-order valence-corrected chi connectivity index (χ2v) is 13.4. The van der Waals surface area contributed by atoms with Gasteiger partial charge in [0.2, 0.25) is 5.91 Å². The summed E-state index contributed by atoms with van der Waals surface area (Å²) in [4.78, 5) is 27.8. The van der Waals surface area contributed by atoms with Crippen molar-refractivity contribution in [2.24, 2.45) is 40.6 Å². The summed E-state index contributed by atoms with van der Waals surface area (Å²) in [6.07, 6.45) is 22.5. The number of rotatable bonds is 15. The minimum atomic E-state index is -0.237. The highest BCUT2D eigenvalue weighted by molar-refractivity contribution is 5.82. The first-order valence-electron chi connectivity index (χ1n) is 16.5. The molecule has 39 heavy (non-hydrogen) atoms. The van der Waals surface area contributed by atoms with Gasteiger partial charge in [-0.05, 0) is 106 Å². The van der Waals surface area contributed by atoms with Crippen LogP contribution >= 0.6 is 0 Å². The zero-order valence-electron chi connectivity index (χ0n) is 24.8. The molecule has 3 saturated carbocycles. The minimum absolute atomic E-state index is 0.0482. The molecule has 0 saturated heterocycles. The molecular formula is C33H57N3O3. The Hall–Kier alpha value is -1.40. The zero-order chi connectivity index (χ0) is 27.7. The van der Waals surface area contributed by atoms with E-state index < -0.39 is 0 Å². The number of ether oxygens (including phenoxy) is 1. The van der Waals surface area contributed by atoms with Crippen molar-refractivity contribution in [3.63, 3.8) is 0 Å². The highest BCUT2D eigenvalue weighted by Crippen LogP contribution is 2.61. The van der Waals surface area contributed by atoms with Gasteiger partial charge in [0.15, 0.2) is 0 Å². The monoisotopic (exact) mass is 543 g/mol. The standard InChI is InChI=1S/C33H57N3O3/c1-33-19-18-27(23-26(33)15-16-29-28-12-10-11-25(28)14-17-30(29)33)39-32(38)24-36(31(37)13-6-8-21-35)22-9-5-3-2-4-7-20-34/h15,25,27-30H,2-14,16-24,34-35H2,1H3. The third-order valence-electron chi connectivity index (χ3n) is 11.0. The van der Waals surface area contributed by atoms with Crippen LogP contribution in [-0.4, -0.2) is 49.1 Å². The van der Waals surface area contributed by atoms with Crippen molar-refractivity contribution in [2.45, 2.75) is 129 Å². The molecule has 4 aliphatic rings. The van der Waals surface area contributed by atoms with Crippen LogP contribution in [-0.2, 0) is 14.3 Å². The first kappa shape index (κ1) is 30.6. The van der Waals surface area contributed by atoms with Crippen LogP contribution < -0.4 is 11.5 Å². The number of fused-ring (bicyclic) bond motifs is 5. The van der Waals surface area contributed by atoms with Crippen LogP contribution in [0.3, 0.4) is 0 Å². The first-order valence-corrected chi connectivity index (χ1v) is 16.5. The minimum Gasteiger partial charge on any atom is -0.461 e. The highest BCUT2D eigenvalue weighted by atomic mass is 16.5. The van der Waals surface area contributed by atoms with Crippen molar-refractivity contribution < 1.29 is 14.3 Å². The molecule has 6 heteroatoms. The van der Waals surface area contributed by atoms with Gasteiger partial charge < -0.3 is 21.1 Å². The van der Waals surface area contributed by atoms with Crippen molar-refractivity contribution in [1.82, 2.24) is 4.90 Å². The number of carbonyl (C=O) groups excluding carboxylic acids is 2. The van der Waals surface area contributed by atoms with Gasteiger partial charge in [0.25, 0.3) is 0 Å². The van der Waals surface area contributed by atoms with E-state index in [1.807, 2.05) is 0 Å². The summed E-state index contributed by atoms with van der Waals surface area (Å²) < 4.78 is 6.06. The first-order chi connectivity index (χ1) is 19.0. The second kappa shape index (κ2) is 15.0. The van der Waals surface area contributed by atoms with E-state index in [0.29, 0.717) is 19.5 Å². The molecule has 6 nitrogen and oxygen atoms in total. The Morgan fingerprint density at radius 1 is 0.923 bits per heavy atom. The summed E-state index contributed by atoms with van der Waals surface area (Å²) in [5.41, 5.74) is 13.1. The maximum Gasteiger partial charge on any atom is 0.325 e. The molecular weight excluding hydrogens is 486 g/mol. The predicted molar refractivity (Wildman–Crippen MR) is 158 cm³/mol. The molecule has 3 fully saturated rings. The number of hydrogen-bond donors (Lipinski definition) is 2. The molecule has 6 unspecified atom stereocenters. The van der Waals surface area contributed by atoms with E-state index in [4.69, 9.17) is 16.2 Å². The molecule has 0 aromatic carbocycles. The van der Waals surface area contributed by atoms with Crippen molar-refractivity contribution in [1.29, 1.82) is 0 Å². The molecule has 4 N–H and O–H groups in total. The summed E-state index contributed by atoms with van der Waals surface area (Å²) in [6.45, 7) is 4.58. The summed E-state index contributed by atoms with van der Waals surface area (Å²) >= 11 is 0. The van der Waals surface area contributed by atoms with Gasteiger partial charge in [-0.15, -0.1) is 0 Å². The SMILES string of the molecule is CC12CCC(OC(=O)CN(CCCCCCCCN)C(=O)CCCCN)CC1=CCC1C3CCCC3CCC12. The van der Waals surface area contributed by atoms with E-state index >= 15 is 0 Å². The summed E-state index contributed by atoms with van der Waals surface area (Å²) in [5.74, 6) is 3.44. The van der Waals surface area contributed by atoms with Crippen molar-refractivity contribution in [2.75, 3.05) is 26.2 Å². The average Bonchev–Trinajstić information content (AvgIpc) is 3.41. The predicted octanol–water partition coefficient (Wildman–Crippen LogP) is 6.12. The number of carbonyl (C=O) groups is 2. The Bertz CT molecular complexity index is 829. The van der Waals surface area contributed by atoms with Crippen molar-refractivity contribution in [3.8, 4) is 0 Å². The van der Waals surface area contributed by atoms with Gasteiger partial charge in [-0.3, -0.25) is 9.59 Å². The van der Waals surface area contributed by atoms with Crippen LogP contribution in [0.25, 0.3) is 0 Å². The third kappa shape index (κ3) is 7.87. The maximum absolute atomic E-state index is 13.1. The second-order valence-electron chi connectivity index (χ2n) is 13.4.